The van der Waals surface area contributed by atoms with E-state index in [0.717, 1.165) is 19.3 Å². The predicted molar refractivity (Wildman–Crippen MR) is 82.4 cm³/mol. The van der Waals surface area contributed by atoms with Crippen LogP contribution in [0.25, 0.3) is 0 Å². The highest BCUT2D eigenvalue weighted by atomic mass is 32.2. The highest BCUT2D eigenvalue weighted by molar-refractivity contribution is 7.79. The number of hydrogen-bond donors (Lipinski definition) is 1. The third-order valence-electron chi connectivity index (χ3n) is 4.46. The van der Waals surface area contributed by atoms with Gasteiger partial charge in [-0.2, -0.15) is 0 Å². The summed E-state index contributed by atoms with van der Waals surface area (Å²) in [6.07, 6.45) is 2.70. The summed E-state index contributed by atoms with van der Waals surface area (Å²) >= 11 is -1.88. The molecule has 1 aromatic carbocycles. The van der Waals surface area contributed by atoms with Crippen molar-refractivity contribution in [3.8, 4) is 0 Å². The molecule has 1 aromatic rings. The molecule has 116 valence electrons. The lowest BCUT2D eigenvalue weighted by Gasteiger charge is -2.43. The summed E-state index contributed by atoms with van der Waals surface area (Å²) in [7, 11) is 0. The molecule has 0 radical (unpaired) electrons. The first-order chi connectivity index (χ1) is 9.92. The van der Waals surface area contributed by atoms with Gasteiger partial charge in [0.15, 0.2) is 11.1 Å². The first-order valence-electron chi connectivity index (χ1n) is 7.28. The van der Waals surface area contributed by atoms with Gasteiger partial charge >= 0.3 is 5.97 Å². The zero-order chi connectivity index (χ0) is 15.5. The van der Waals surface area contributed by atoms with Gasteiger partial charge in [0, 0.05) is 5.92 Å². The normalized spacial score (nSPS) is 30.6. The number of rotatable bonds is 4. The molecule has 0 amide bonds. The van der Waals surface area contributed by atoms with Crippen LogP contribution in [0, 0.1) is 11.8 Å². The molecule has 4 atom stereocenters. The van der Waals surface area contributed by atoms with E-state index in [-0.39, 0.29) is 23.6 Å². The summed E-state index contributed by atoms with van der Waals surface area (Å²) in [4.78, 5) is 12.3. The van der Waals surface area contributed by atoms with Crippen LogP contribution in [0.15, 0.2) is 30.3 Å². The third-order valence-corrected chi connectivity index (χ3v) is 5.11. The summed E-state index contributed by atoms with van der Waals surface area (Å²) in [6, 6.07) is 8.87. The molecule has 1 N–H and O–H groups in total. The summed E-state index contributed by atoms with van der Waals surface area (Å²) < 4.78 is 26.2. The molecule has 1 aliphatic rings. The van der Waals surface area contributed by atoms with Gasteiger partial charge in [0.1, 0.15) is 5.60 Å². The van der Waals surface area contributed by atoms with E-state index in [1.54, 1.807) is 24.3 Å². The Bertz CT molecular complexity index is 516. The van der Waals surface area contributed by atoms with Crippen LogP contribution in [-0.2, 0) is 15.8 Å². The highest BCUT2D eigenvalue weighted by Gasteiger charge is 2.44. The van der Waals surface area contributed by atoms with Crippen LogP contribution in [0.3, 0.4) is 0 Å². The van der Waals surface area contributed by atoms with Crippen molar-refractivity contribution < 1.29 is 18.3 Å². The second kappa shape index (κ2) is 6.71. The van der Waals surface area contributed by atoms with Gasteiger partial charge < -0.3 is 9.29 Å². The minimum Gasteiger partial charge on any atom is -0.455 e. The van der Waals surface area contributed by atoms with Gasteiger partial charge in [-0.25, -0.2) is 9.00 Å². The van der Waals surface area contributed by atoms with Gasteiger partial charge in [-0.05, 0) is 37.8 Å². The van der Waals surface area contributed by atoms with Crippen molar-refractivity contribution in [3.05, 3.63) is 35.9 Å². The van der Waals surface area contributed by atoms with E-state index in [1.165, 1.54) is 0 Å². The monoisotopic (exact) mass is 310 g/mol. The Labute approximate surface area is 128 Å². The summed E-state index contributed by atoms with van der Waals surface area (Å²) in [5.74, 6) is -0.0335. The molecule has 0 saturated heterocycles. The molecule has 1 fully saturated rings. The van der Waals surface area contributed by atoms with Crippen LogP contribution in [0.2, 0.25) is 0 Å². The van der Waals surface area contributed by atoms with Crippen LogP contribution in [0.4, 0.5) is 0 Å². The van der Waals surface area contributed by atoms with E-state index in [9.17, 15) is 13.6 Å². The van der Waals surface area contributed by atoms with Crippen LogP contribution < -0.4 is 0 Å². The second-order valence-electron chi connectivity index (χ2n) is 6.03. The fourth-order valence-electron chi connectivity index (χ4n) is 3.23. The molecule has 5 heteroatoms. The minimum atomic E-state index is -1.88. The molecular weight excluding hydrogens is 288 g/mol. The maximum Gasteiger partial charge on any atom is 0.338 e. The molecular formula is C16H22O4S. The zero-order valence-electron chi connectivity index (χ0n) is 12.5. The average molecular weight is 310 g/mol. The van der Waals surface area contributed by atoms with Crippen molar-refractivity contribution >= 4 is 17.0 Å². The molecule has 0 spiro atoms. The molecule has 4 nitrogen and oxygen atoms in total. The minimum absolute atomic E-state index is 0.0928. The first kappa shape index (κ1) is 16.2. The summed E-state index contributed by atoms with van der Waals surface area (Å²) in [5, 5.41) is 0. The molecule has 0 heterocycles. The number of carbonyl (C=O) groups is 1. The van der Waals surface area contributed by atoms with E-state index in [2.05, 4.69) is 6.92 Å². The molecule has 0 bridgehead atoms. The van der Waals surface area contributed by atoms with E-state index < -0.39 is 16.7 Å². The Kier molecular flexibility index (Phi) is 5.17. The lowest BCUT2D eigenvalue weighted by molar-refractivity contribution is -0.0691. The van der Waals surface area contributed by atoms with Crippen molar-refractivity contribution in [3.63, 3.8) is 0 Å². The summed E-state index contributed by atoms with van der Waals surface area (Å²) in [5.41, 5.74) is -0.163. The van der Waals surface area contributed by atoms with Crippen LogP contribution in [0.1, 0.15) is 43.5 Å². The Hall–Kier alpha value is -1.20. The number of benzene rings is 1. The smallest absolute Gasteiger partial charge is 0.338 e. The molecule has 1 saturated carbocycles. The predicted octanol–water partition coefficient (Wildman–Crippen LogP) is 3.26. The van der Waals surface area contributed by atoms with Gasteiger partial charge in [-0.1, -0.05) is 31.5 Å². The maximum atomic E-state index is 12.3. The van der Waals surface area contributed by atoms with E-state index in [4.69, 9.17) is 4.74 Å². The fourth-order valence-corrected chi connectivity index (χ4v) is 4.22. The van der Waals surface area contributed by atoms with E-state index in [1.807, 2.05) is 13.0 Å². The lowest BCUT2D eigenvalue weighted by atomic mass is 9.71. The number of esters is 1. The number of carbonyl (C=O) groups excluding carboxylic acids is 1. The van der Waals surface area contributed by atoms with Gasteiger partial charge in [0.25, 0.3) is 0 Å². The van der Waals surface area contributed by atoms with Gasteiger partial charge in [0.05, 0.1) is 11.3 Å². The SMILES string of the molecule is CC1CCCC(C)(OC(=O)c2ccccc2)C1CS(=O)O. The Morgan fingerprint density at radius 3 is 2.71 bits per heavy atom. The van der Waals surface area contributed by atoms with Crippen LogP contribution in [-0.4, -0.2) is 26.1 Å². The van der Waals surface area contributed by atoms with E-state index >= 15 is 0 Å². The molecule has 0 aromatic heterocycles. The Balaban J connectivity index is 2.17. The summed E-state index contributed by atoms with van der Waals surface area (Å²) in [6.45, 7) is 3.95. The lowest BCUT2D eigenvalue weighted by Crippen LogP contribution is -2.48. The van der Waals surface area contributed by atoms with Crippen LogP contribution in [0.5, 0.6) is 0 Å². The molecule has 2 rings (SSSR count). The van der Waals surface area contributed by atoms with Crippen molar-refractivity contribution in [2.45, 2.75) is 38.7 Å². The molecule has 1 aliphatic carbocycles. The Morgan fingerprint density at radius 1 is 1.43 bits per heavy atom. The molecule has 0 aliphatic heterocycles. The largest absolute Gasteiger partial charge is 0.455 e. The molecule has 21 heavy (non-hydrogen) atoms. The maximum absolute atomic E-state index is 12.3. The van der Waals surface area contributed by atoms with E-state index in [0.29, 0.717) is 5.56 Å². The quantitative estimate of drug-likeness (QED) is 0.685. The average Bonchev–Trinajstić information content (AvgIpc) is 2.44. The standard InChI is InChI=1S/C16H22O4S/c1-12-7-6-10-16(2,14(12)11-21(18)19)20-15(17)13-8-4-3-5-9-13/h3-5,8-9,12,14H,6-7,10-11H2,1-2H3,(H,18,19). The van der Waals surface area contributed by atoms with Crippen molar-refractivity contribution in [2.75, 3.05) is 5.75 Å². The topological polar surface area (TPSA) is 63.6 Å². The number of hydrogen-bond acceptors (Lipinski definition) is 3. The van der Waals surface area contributed by atoms with Crippen molar-refractivity contribution in [2.24, 2.45) is 11.8 Å². The van der Waals surface area contributed by atoms with Crippen molar-refractivity contribution in [1.29, 1.82) is 0 Å². The first-order valence-corrected chi connectivity index (χ1v) is 8.56. The number of ether oxygens (including phenoxy) is 1. The highest BCUT2D eigenvalue weighted by Crippen LogP contribution is 2.41. The second-order valence-corrected chi connectivity index (χ2v) is 7.01. The van der Waals surface area contributed by atoms with Crippen LogP contribution >= 0.6 is 0 Å². The molecule has 4 unspecified atom stereocenters. The van der Waals surface area contributed by atoms with Gasteiger partial charge in [-0.3, -0.25) is 0 Å². The van der Waals surface area contributed by atoms with Gasteiger partial charge in [0.2, 0.25) is 0 Å². The van der Waals surface area contributed by atoms with Gasteiger partial charge in [-0.15, -0.1) is 0 Å². The Morgan fingerprint density at radius 2 is 2.10 bits per heavy atom. The zero-order valence-corrected chi connectivity index (χ0v) is 13.3. The van der Waals surface area contributed by atoms with Crippen molar-refractivity contribution in [1.82, 2.24) is 0 Å². The fraction of sp³-hybridized carbons (Fsp3) is 0.562. The third kappa shape index (κ3) is 3.92.